The van der Waals surface area contributed by atoms with Crippen LogP contribution in [0.4, 0.5) is 17.1 Å². The van der Waals surface area contributed by atoms with Crippen LogP contribution in [0.15, 0.2) is 100 Å². The minimum Gasteiger partial charge on any atom is -0.276 e. The minimum atomic E-state index is -0.490. The van der Waals surface area contributed by atoms with Crippen molar-refractivity contribution in [2.45, 2.75) is 0 Å². The molecule has 0 aliphatic heterocycles. The molecule has 0 atom stereocenters. The fourth-order valence-corrected chi connectivity index (χ4v) is 2.17. The fraction of sp³-hybridized carbons (Fsp3) is 0. The lowest BCUT2D eigenvalue weighted by Crippen LogP contribution is -2.01. The van der Waals surface area contributed by atoms with Gasteiger partial charge in [-0.2, -0.15) is 5.10 Å². The van der Waals surface area contributed by atoms with Crippen molar-refractivity contribution in [1.29, 1.82) is 0 Å². The predicted octanol–water partition coefficient (Wildman–Crippen LogP) is 5.15. The summed E-state index contributed by atoms with van der Waals surface area (Å²) in [5.74, 6) is 0.313. The Bertz CT molecular complexity index is 940. The highest BCUT2D eigenvalue weighted by Gasteiger charge is 2.12. The van der Waals surface area contributed by atoms with Crippen LogP contribution in [0.1, 0.15) is 5.56 Å². The van der Waals surface area contributed by atoms with Crippen molar-refractivity contribution in [2.75, 3.05) is 5.43 Å². The van der Waals surface area contributed by atoms with Gasteiger partial charge >= 0.3 is 0 Å². The number of para-hydroxylation sites is 2. The normalized spacial score (nSPS) is 11.5. The Morgan fingerprint density at radius 3 is 2.15 bits per heavy atom. The zero-order chi connectivity index (χ0) is 18.2. The van der Waals surface area contributed by atoms with E-state index in [0.29, 0.717) is 5.84 Å². The van der Waals surface area contributed by atoms with Crippen molar-refractivity contribution in [3.63, 3.8) is 0 Å². The molecule has 0 aliphatic rings. The van der Waals surface area contributed by atoms with Gasteiger partial charge < -0.3 is 0 Å². The summed E-state index contributed by atoms with van der Waals surface area (Å²) in [6.07, 6.45) is 0. The molecule has 128 valence electrons. The summed E-state index contributed by atoms with van der Waals surface area (Å²) >= 11 is 0. The number of azo groups is 1. The van der Waals surface area contributed by atoms with Crippen LogP contribution in [-0.4, -0.2) is 10.8 Å². The van der Waals surface area contributed by atoms with Crippen LogP contribution in [0.5, 0.6) is 0 Å². The van der Waals surface area contributed by atoms with Gasteiger partial charge in [0, 0.05) is 11.6 Å². The second kappa shape index (κ2) is 8.29. The Balaban J connectivity index is 1.93. The molecule has 0 amide bonds. The SMILES string of the molecule is O=[N+]([O-])c1ccccc1N=N/C(=N\Nc1ccccc1)c1ccccc1. The van der Waals surface area contributed by atoms with E-state index >= 15 is 0 Å². The monoisotopic (exact) mass is 345 g/mol. The van der Waals surface area contributed by atoms with Crippen molar-refractivity contribution in [3.8, 4) is 0 Å². The summed E-state index contributed by atoms with van der Waals surface area (Å²) < 4.78 is 0. The van der Waals surface area contributed by atoms with E-state index in [1.54, 1.807) is 12.1 Å². The molecule has 7 nitrogen and oxygen atoms in total. The molecule has 1 N–H and O–H groups in total. The Morgan fingerprint density at radius 1 is 0.846 bits per heavy atom. The minimum absolute atomic E-state index is 0.111. The maximum Gasteiger partial charge on any atom is 0.296 e. The maximum atomic E-state index is 11.1. The topological polar surface area (TPSA) is 92.2 Å². The van der Waals surface area contributed by atoms with Crippen LogP contribution in [-0.2, 0) is 0 Å². The van der Waals surface area contributed by atoms with Crippen LogP contribution in [0.25, 0.3) is 0 Å². The molecule has 3 aromatic rings. The number of nitro benzene ring substituents is 1. The largest absolute Gasteiger partial charge is 0.296 e. The summed E-state index contributed by atoms with van der Waals surface area (Å²) in [6.45, 7) is 0. The summed E-state index contributed by atoms with van der Waals surface area (Å²) in [7, 11) is 0. The fourth-order valence-electron chi connectivity index (χ4n) is 2.17. The van der Waals surface area contributed by atoms with E-state index in [2.05, 4.69) is 20.8 Å². The smallest absolute Gasteiger partial charge is 0.276 e. The highest BCUT2D eigenvalue weighted by Crippen LogP contribution is 2.26. The molecule has 0 heterocycles. The van der Waals surface area contributed by atoms with E-state index in [4.69, 9.17) is 0 Å². The molecule has 0 fully saturated rings. The number of hydrazone groups is 1. The highest BCUT2D eigenvalue weighted by atomic mass is 16.6. The number of anilines is 1. The highest BCUT2D eigenvalue weighted by molar-refractivity contribution is 5.99. The molecule has 0 unspecified atom stereocenters. The maximum absolute atomic E-state index is 11.1. The third-order valence-corrected chi connectivity index (χ3v) is 3.43. The lowest BCUT2D eigenvalue weighted by molar-refractivity contribution is -0.384. The first kappa shape index (κ1) is 17.0. The number of benzene rings is 3. The van der Waals surface area contributed by atoms with Crippen molar-refractivity contribution in [1.82, 2.24) is 0 Å². The van der Waals surface area contributed by atoms with Gasteiger partial charge in [-0.3, -0.25) is 15.5 Å². The molecule has 0 bridgehead atoms. The van der Waals surface area contributed by atoms with Gasteiger partial charge in [-0.05, 0) is 18.2 Å². The zero-order valence-corrected chi connectivity index (χ0v) is 13.7. The average molecular weight is 345 g/mol. The van der Waals surface area contributed by atoms with E-state index < -0.39 is 4.92 Å². The number of nitrogens with zero attached hydrogens (tertiary/aromatic N) is 4. The number of hydrogen-bond acceptors (Lipinski definition) is 5. The molecule has 0 saturated carbocycles. The van der Waals surface area contributed by atoms with Crippen molar-refractivity contribution < 1.29 is 4.92 Å². The quantitative estimate of drug-likeness (QED) is 0.228. The van der Waals surface area contributed by atoms with Crippen molar-refractivity contribution in [3.05, 3.63) is 101 Å². The zero-order valence-electron chi connectivity index (χ0n) is 13.7. The number of amidine groups is 1. The Morgan fingerprint density at radius 2 is 1.46 bits per heavy atom. The van der Waals surface area contributed by atoms with Crippen LogP contribution < -0.4 is 5.43 Å². The van der Waals surface area contributed by atoms with Gasteiger partial charge in [-0.25, -0.2) is 0 Å². The standard InChI is InChI=1S/C19H15N5O2/c25-24(26)18-14-8-7-13-17(18)21-23-19(15-9-3-1-4-10-15)22-20-16-11-5-2-6-12-16/h1-14,20H/b22-19-,23-21?. The molecule has 0 aliphatic carbocycles. The lowest BCUT2D eigenvalue weighted by Gasteiger charge is -2.03. The predicted molar refractivity (Wildman–Crippen MR) is 101 cm³/mol. The van der Waals surface area contributed by atoms with Gasteiger partial charge in [0.25, 0.3) is 5.69 Å². The molecule has 7 heteroatoms. The molecular weight excluding hydrogens is 330 g/mol. The number of hydrogen-bond donors (Lipinski definition) is 1. The Kier molecular flexibility index (Phi) is 5.41. The second-order valence-corrected chi connectivity index (χ2v) is 5.23. The van der Waals surface area contributed by atoms with Gasteiger partial charge in [0.15, 0.2) is 5.69 Å². The molecule has 0 aromatic heterocycles. The molecule has 3 rings (SSSR count). The first-order valence-electron chi connectivity index (χ1n) is 7.83. The van der Waals surface area contributed by atoms with Crippen LogP contribution >= 0.6 is 0 Å². The van der Waals surface area contributed by atoms with Gasteiger partial charge in [-0.15, -0.1) is 10.2 Å². The van der Waals surface area contributed by atoms with Crippen molar-refractivity contribution in [2.24, 2.45) is 15.3 Å². The van der Waals surface area contributed by atoms with Gasteiger partial charge in [0.1, 0.15) is 0 Å². The van der Waals surface area contributed by atoms with E-state index in [0.717, 1.165) is 11.3 Å². The Labute approximate surface area is 149 Å². The van der Waals surface area contributed by atoms with E-state index in [-0.39, 0.29) is 11.4 Å². The van der Waals surface area contributed by atoms with Crippen LogP contribution in [0.3, 0.4) is 0 Å². The number of nitro groups is 1. The van der Waals surface area contributed by atoms with Crippen LogP contribution in [0.2, 0.25) is 0 Å². The van der Waals surface area contributed by atoms with Crippen LogP contribution in [0, 0.1) is 10.1 Å². The van der Waals surface area contributed by atoms with E-state index in [1.165, 1.54) is 12.1 Å². The molecule has 0 spiro atoms. The first-order valence-corrected chi connectivity index (χ1v) is 7.83. The third-order valence-electron chi connectivity index (χ3n) is 3.43. The Hall–Kier alpha value is -3.87. The lowest BCUT2D eigenvalue weighted by atomic mass is 10.2. The summed E-state index contributed by atoms with van der Waals surface area (Å²) in [5, 5.41) is 23.6. The van der Waals surface area contributed by atoms with E-state index in [1.807, 2.05) is 60.7 Å². The van der Waals surface area contributed by atoms with Gasteiger partial charge in [0.05, 0.1) is 10.6 Å². The molecule has 0 radical (unpaired) electrons. The molecule has 0 saturated heterocycles. The number of nitrogens with one attached hydrogen (secondary N) is 1. The molecule has 26 heavy (non-hydrogen) atoms. The summed E-state index contributed by atoms with van der Waals surface area (Å²) in [4.78, 5) is 10.6. The van der Waals surface area contributed by atoms with Gasteiger partial charge in [0.2, 0.25) is 5.84 Å². The summed E-state index contributed by atoms with van der Waals surface area (Å²) in [6, 6.07) is 24.8. The van der Waals surface area contributed by atoms with E-state index in [9.17, 15) is 10.1 Å². The second-order valence-electron chi connectivity index (χ2n) is 5.23. The average Bonchev–Trinajstić information content (AvgIpc) is 2.69. The first-order chi connectivity index (χ1) is 12.7. The van der Waals surface area contributed by atoms with Crippen molar-refractivity contribution >= 4 is 22.9 Å². The molecular formula is C19H15N5O2. The third kappa shape index (κ3) is 4.35. The molecule has 3 aromatic carbocycles. The number of rotatable bonds is 5. The van der Waals surface area contributed by atoms with Gasteiger partial charge in [-0.1, -0.05) is 60.7 Å². The summed E-state index contributed by atoms with van der Waals surface area (Å²) in [5.41, 5.74) is 4.50.